The number of rotatable bonds is 4. The number of hydrogen-bond donors (Lipinski definition) is 1. The summed E-state index contributed by atoms with van der Waals surface area (Å²) in [4.78, 5) is 12.3. The van der Waals surface area contributed by atoms with Crippen LogP contribution in [-0.2, 0) is 20.7 Å². The SMILES string of the molecule is CC(C)(C)Cc1ccc(S(=O)(=O)OC2CCN(C(=O)O)CC2)cc1. The van der Waals surface area contributed by atoms with E-state index in [4.69, 9.17) is 9.29 Å². The zero-order valence-electron chi connectivity index (χ0n) is 14.4. The molecule has 1 saturated heterocycles. The molecule has 2 rings (SSSR count). The molecule has 1 aliphatic heterocycles. The van der Waals surface area contributed by atoms with Crippen LogP contribution < -0.4 is 0 Å². The van der Waals surface area contributed by atoms with Crippen LogP contribution in [0.5, 0.6) is 0 Å². The number of amides is 1. The van der Waals surface area contributed by atoms with E-state index < -0.39 is 22.3 Å². The van der Waals surface area contributed by atoms with Gasteiger partial charge in [0, 0.05) is 13.1 Å². The van der Waals surface area contributed by atoms with Gasteiger partial charge in [0.2, 0.25) is 0 Å². The fourth-order valence-electron chi connectivity index (χ4n) is 2.76. The van der Waals surface area contributed by atoms with Gasteiger partial charge in [-0.15, -0.1) is 0 Å². The zero-order valence-corrected chi connectivity index (χ0v) is 15.2. The van der Waals surface area contributed by atoms with E-state index in [9.17, 15) is 13.2 Å². The van der Waals surface area contributed by atoms with E-state index in [2.05, 4.69) is 20.8 Å². The van der Waals surface area contributed by atoms with Crippen LogP contribution in [0.4, 0.5) is 4.79 Å². The summed E-state index contributed by atoms with van der Waals surface area (Å²) in [5.41, 5.74) is 1.21. The molecule has 0 bridgehead atoms. The lowest BCUT2D eigenvalue weighted by atomic mass is 9.88. The maximum Gasteiger partial charge on any atom is 0.407 e. The van der Waals surface area contributed by atoms with E-state index in [1.54, 1.807) is 12.1 Å². The van der Waals surface area contributed by atoms with Gasteiger partial charge in [0.1, 0.15) is 0 Å². The van der Waals surface area contributed by atoms with Gasteiger partial charge in [-0.25, -0.2) is 4.79 Å². The predicted octanol–water partition coefficient (Wildman–Crippen LogP) is 3.12. The van der Waals surface area contributed by atoms with Crippen molar-refractivity contribution in [3.8, 4) is 0 Å². The number of hydrogen-bond acceptors (Lipinski definition) is 4. The van der Waals surface area contributed by atoms with Gasteiger partial charge in [-0.1, -0.05) is 32.9 Å². The summed E-state index contributed by atoms with van der Waals surface area (Å²) >= 11 is 0. The molecule has 0 radical (unpaired) electrons. The van der Waals surface area contributed by atoms with Crippen LogP contribution in [-0.4, -0.2) is 43.7 Å². The maximum absolute atomic E-state index is 12.4. The molecule has 0 saturated carbocycles. The second kappa shape index (κ2) is 7.11. The van der Waals surface area contributed by atoms with Crippen LogP contribution in [0, 0.1) is 5.41 Å². The molecule has 0 aliphatic carbocycles. The highest BCUT2D eigenvalue weighted by Crippen LogP contribution is 2.24. The summed E-state index contributed by atoms with van der Waals surface area (Å²) < 4.78 is 30.0. The molecule has 1 amide bonds. The molecule has 0 aromatic heterocycles. The number of piperidine rings is 1. The molecule has 1 aromatic rings. The standard InChI is InChI=1S/C17H25NO5S/c1-17(2,3)12-13-4-6-15(7-5-13)24(21,22)23-14-8-10-18(11-9-14)16(19)20/h4-7,14H,8-12H2,1-3H3,(H,19,20). The van der Waals surface area contributed by atoms with Gasteiger partial charge in [-0.05, 0) is 42.4 Å². The molecule has 0 spiro atoms. The van der Waals surface area contributed by atoms with Crippen molar-refractivity contribution in [1.82, 2.24) is 4.90 Å². The molecular weight excluding hydrogens is 330 g/mol. The second-order valence-corrected chi connectivity index (χ2v) is 8.97. The largest absolute Gasteiger partial charge is 0.465 e. The monoisotopic (exact) mass is 355 g/mol. The summed E-state index contributed by atoms with van der Waals surface area (Å²) in [6, 6.07) is 6.77. The van der Waals surface area contributed by atoms with Crippen LogP contribution in [0.3, 0.4) is 0 Å². The third-order valence-corrected chi connectivity index (χ3v) is 5.30. The van der Waals surface area contributed by atoms with Gasteiger partial charge in [-0.2, -0.15) is 8.42 Å². The Hall–Kier alpha value is -1.60. The lowest BCUT2D eigenvalue weighted by Gasteiger charge is -2.29. The Bertz CT molecular complexity index is 668. The minimum absolute atomic E-state index is 0.134. The fourth-order valence-corrected chi connectivity index (χ4v) is 3.90. The smallest absolute Gasteiger partial charge is 0.407 e. The number of nitrogens with zero attached hydrogens (tertiary/aromatic N) is 1. The predicted molar refractivity (Wildman–Crippen MR) is 90.5 cm³/mol. The lowest BCUT2D eigenvalue weighted by Crippen LogP contribution is -2.40. The normalized spacial score (nSPS) is 17.0. The molecule has 1 fully saturated rings. The Morgan fingerprint density at radius 3 is 2.21 bits per heavy atom. The Morgan fingerprint density at radius 2 is 1.75 bits per heavy atom. The summed E-state index contributed by atoms with van der Waals surface area (Å²) in [5.74, 6) is 0. The second-order valence-electron chi connectivity index (χ2n) is 7.40. The van der Waals surface area contributed by atoms with Crippen molar-refractivity contribution in [2.45, 2.75) is 51.0 Å². The first-order chi connectivity index (χ1) is 11.1. The first-order valence-electron chi connectivity index (χ1n) is 8.07. The van der Waals surface area contributed by atoms with E-state index in [0.29, 0.717) is 25.9 Å². The summed E-state index contributed by atoms with van der Waals surface area (Å²) in [6.45, 7) is 6.97. The highest BCUT2D eigenvalue weighted by molar-refractivity contribution is 7.86. The van der Waals surface area contributed by atoms with E-state index >= 15 is 0 Å². The number of likely N-dealkylation sites (tertiary alicyclic amines) is 1. The average molecular weight is 355 g/mol. The average Bonchev–Trinajstić information content (AvgIpc) is 2.46. The van der Waals surface area contributed by atoms with Crippen LogP contribution >= 0.6 is 0 Å². The van der Waals surface area contributed by atoms with Crippen molar-refractivity contribution in [1.29, 1.82) is 0 Å². The number of benzene rings is 1. The molecular formula is C17H25NO5S. The third kappa shape index (κ3) is 5.21. The van der Waals surface area contributed by atoms with Gasteiger partial charge in [0.25, 0.3) is 10.1 Å². The van der Waals surface area contributed by atoms with Crippen molar-refractivity contribution in [3.63, 3.8) is 0 Å². The maximum atomic E-state index is 12.4. The Morgan fingerprint density at radius 1 is 1.21 bits per heavy atom. The Balaban J connectivity index is 1.99. The van der Waals surface area contributed by atoms with Crippen LogP contribution in [0.1, 0.15) is 39.2 Å². The highest BCUT2D eigenvalue weighted by atomic mass is 32.2. The molecule has 24 heavy (non-hydrogen) atoms. The lowest BCUT2D eigenvalue weighted by molar-refractivity contribution is 0.0928. The number of carboxylic acid groups (broad SMARTS) is 1. The first-order valence-corrected chi connectivity index (χ1v) is 9.48. The molecule has 134 valence electrons. The molecule has 1 aliphatic rings. The van der Waals surface area contributed by atoms with Gasteiger partial charge < -0.3 is 10.0 Å². The van der Waals surface area contributed by atoms with Gasteiger partial charge in [0.05, 0.1) is 11.0 Å². The summed E-state index contributed by atoms with van der Waals surface area (Å²) in [7, 11) is -3.82. The Kier molecular flexibility index (Phi) is 5.55. The molecule has 1 N–H and O–H groups in total. The zero-order chi connectivity index (χ0) is 18.0. The van der Waals surface area contributed by atoms with Crippen molar-refractivity contribution < 1.29 is 22.5 Å². The highest BCUT2D eigenvalue weighted by Gasteiger charge is 2.27. The Labute approximate surface area is 143 Å². The topological polar surface area (TPSA) is 83.9 Å². The van der Waals surface area contributed by atoms with E-state index in [0.717, 1.165) is 12.0 Å². The minimum Gasteiger partial charge on any atom is -0.465 e. The molecule has 7 heteroatoms. The molecule has 1 heterocycles. The van der Waals surface area contributed by atoms with Crippen LogP contribution in [0.15, 0.2) is 29.2 Å². The van der Waals surface area contributed by atoms with Crippen LogP contribution in [0.2, 0.25) is 0 Å². The molecule has 0 atom stereocenters. The van der Waals surface area contributed by atoms with Gasteiger partial charge >= 0.3 is 6.09 Å². The quantitative estimate of drug-likeness (QED) is 0.839. The minimum atomic E-state index is -3.82. The van der Waals surface area contributed by atoms with Crippen molar-refractivity contribution in [3.05, 3.63) is 29.8 Å². The number of carbonyl (C=O) groups is 1. The summed E-state index contributed by atoms with van der Waals surface area (Å²) in [6.07, 6.45) is 0.175. The molecule has 0 unspecified atom stereocenters. The third-order valence-electron chi connectivity index (χ3n) is 3.92. The van der Waals surface area contributed by atoms with E-state index in [1.807, 2.05) is 12.1 Å². The van der Waals surface area contributed by atoms with Gasteiger partial charge in [-0.3, -0.25) is 4.18 Å². The first kappa shape index (κ1) is 18.7. The van der Waals surface area contributed by atoms with E-state index in [1.165, 1.54) is 4.90 Å². The van der Waals surface area contributed by atoms with Crippen molar-refractivity contribution >= 4 is 16.2 Å². The van der Waals surface area contributed by atoms with E-state index in [-0.39, 0.29) is 10.3 Å². The van der Waals surface area contributed by atoms with Crippen molar-refractivity contribution in [2.24, 2.45) is 5.41 Å². The van der Waals surface area contributed by atoms with Crippen molar-refractivity contribution in [2.75, 3.05) is 13.1 Å². The van der Waals surface area contributed by atoms with Gasteiger partial charge in [0.15, 0.2) is 0 Å². The molecule has 6 nitrogen and oxygen atoms in total. The summed E-state index contributed by atoms with van der Waals surface area (Å²) in [5, 5.41) is 8.91. The fraction of sp³-hybridized carbons (Fsp3) is 0.588. The molecule has 1 aromatic carbocycles. The van der Waals surface area contributed by atoms with Crippen LogP contribution in [0.25, 0.3) is 0 Å².